The highest BCUT2D eigenvalue weighted by Crippen LogP contribution is 2.35. The van der Waals surface area contributed by atoms with Crippen molar-refractivity contribution in [2.75, 3.05) is 18.8 Å². The topological polar surface area (TPSA) is 32.3 Å². The van der Waals surface area contributed by atoms with Crippen LogP contribution in [0.15, 0.2) is 24.3 Å². The fourth-order valence-corrected chi connectivity index (χ4v) is 5.19. The minimum Gasteiger partial charge on any atom is -0.335 e. The van der Waals surface area contributed by atoms with E-state index in [1.165, 1.54) is 36.8 Å². The lowest BCUT2D eigenvalue weighted by Gasteiger charge is -2.25. The second kappa shape index (κ2) is 8.80. The van der Waals surface area contributed by atoms with E-state index in [4.69, 9.17) is 0 Å². The fourth-order valence-electron chi connectivity index (χ4n) is 3.86. The second-order valence-corrected chi connectivity index (χ2v) is 8.44. The first kappa shape index (κ1) is 17.7. The SMILES string of the molecule is Cc1ccccc1C1CCN(C(=O)NC2CCCCCC2)CCS1. The van der Waals surface area contributed by atoms with Crippen molar-refractivity contribution in [2.24, 2.45) is 0 Å². The van der Waals surface area contributed by atoms with Gasteiger partial charge in [0.25, 0.3) is 0 Å². The summed E-state index contributed by atoms with van der Waals surface area (Å²) in [7, 11) is 0. The van der Waals surface area contributed by atoms with Gasteiger partial charge in [0, 0.05) is 30.1 Å². The van der Waals surface area contributed by atoms with E-state index < -0.39 is 0 Å². The average Bonchev–Trinajstić information content (AvgIpc) is 2.98. The molecule has 1 aromatic rings. The molecule has 1 heterocycles. The molecule has 2 aliphatic rings. The van der Waals surface area contributed by atoms with Gasteiger partial charge in [-0.1, -0.05) is 49.9 Å². The predicted octanol–water partition coefficient (Wildman–Crippen LogP) is 4.91. The lowest BCUT2D eigenvalue weighted by atomic mass is 10.0. The number of carbonyl (C=O) groups excluding carboxylic acids is 1. The zero-order valence-corrected chi connectivity index (χ0v) is 15.6. The highest BCUT2D eigenvalue weighted by atomic mass is 32.2. The minimum atomic E-state index is 0.160. The molecule has 4 heteroatoms. The Morgan fingerprint density at radius 1 is 1.08 bits per heavy atom. The zero-order chi connectivity index (χ0) is 16.8. The Bertz CT molecular complexity index is 540. The monoisotopic (exact) mass is 346 g/mol. The molecule has 0 spiro atoms. The van der Waals surface area contributed by atoms with Crippen molar-refractivity contribution in [2.45, 2.75) is 63.2 Å². The van der Waals surface area contributed by atoms with Gasteiger partial charge in [0.2, 0.25) is 0 Å². The molecule has 3 rings (SSSR count). The van der Waals surface area contributed by atoms with Crippen LogP contribution in [0.1, 0.15) is 61.3 Å². The molecule has 0 bridgehead atoms. The van der Waals surface area contributed by atoms with E-state index in [1.54, 1.807) is 0 Å². The summed E-state index contributed by atoms with van der Waals surface area (Å²) in [5.74, 6) is 1.02. The highest BCUT2D eigenvalue weighted by molar-refractivity contribution is 7.99. The largest absolute Gasteiger partial charge is 0.335 e. The van der Waals surface area contributed by atoms with Crippen molar-refractivity contribution < 1.29 is 4.79 Å². The van der Waals surface area contributed by atoms with Crippen molar-refractivity contribution in [1.82, 2.24) is 10.2 Å². The van der Waals surface area contributed by atoms with E-state index in [-0.39, 0.29) is 6.03 Å². The maximum absolute atomic E-state index is 12.6. The molecule has 2 fully saturated rings. The summed E-state index contributed by atoms with van der Waals surface area (Å²) in [6.07, 6.45) is 8.52. The van der Waals surface area contributed by atoms with Crippen LogP contribution in [0.5, 0.6) is 0 Å². The molecule has 2 amide bonds. The summed E-state index contributed by atoms with van der Waals surface area (Å²) < 4.78 is 0. The minimum absolute atomic E-state index is 0.160. The van der Waals surface area contributed by atoms with E-state index in [9.17, 15) is 4.79 Å². The molecule has 132 valence electrons. The Balaban J connectivity index is 1.55. The molecule has 0 radical (unpaired) electrons. The molecular formula is C20H30N2OS. The van der Waals surface area contributed by atoms with Gasteiger partial charge >= 0.3 is 6.03 Å². The molecule has 1 aromatic carbocycles. The summed E-state index contributed by atoms with van der Waals surface area (Å²) in [5, 5.41) is 3.82. The van der Waals surface area contributed by atoms with Crippen molar-refractivity contribution >= 4 is 17.8 Å². The first-order valence-electron chi connectivity index (χ1n) is 9.46. The van der Waals surface area contributed by atoms with Crippen molar-refractivity contribution in [3.8, 4) is 0 Å². The van der Waals surface area contributed by atoms with Crippen molar-refractivity contribution in [3.05, 3.63) is 35.4 Å². The number of nitrogens with zero attached hydrogens (tertiary/aromatic N) is 1. The van der Waals surface area contributed by atoms with E-state index in [0.29, 0.717) is 11.3 Å². The lowest BCUT2D eigenvalue weighted by Crippen LogP contribution is -2.45. The van der Waals surface area contributed by atoms with E-state index >= 15 is 0 Å². The van der Waals surface area contributed by atoms with Gasteiger partial charge in [0.05, 0.1) is 0 Å². The number of amides is 2. The molecule has 1 aliphatic carbocycles. The number of carbonyl (C=O) groups is 1. The summed E-state index contributed by atoms with van der Waals surface area (Å²) in [4.78, 5) is 14.7. The van der Waals surface area contributed by atoms with Gasteiger partial charge in [0.15, 0.2) is 0 Å². The van der Waals surface area contributed by atoms with Gasteiger partial charge in [-0.2, -0.15) is 11.8 Å². The Kier molecular flexibility index (Phi) is 6.47. The second-order valence-electron chi connectivity index (χ2n) is 7.13. The number of hydrogen-bond donors (Lipinski definition) is 1. The summed E-state index contributed by atoms with van der Waals surface area (Å²) >= 11 is 2.00. The van der Waals surface area contributed by atoms with Crippen LogP contribution in [-0.2, 0) is 0 Å². The summed E-state index contributed by atoms with van der Waals surface area (Å²) in [6.45, 7) is 3.92. The van der Waals surface area contributed by atoms with Gasteiger partial charge in [-0.25, -0.2) is 4.79 Å². The van der Waals surface area contributed by atoms with Crippen molar-refractivity contribution in [1.29, 1.82) is 0 Å². The van der Waals surface area contributed by atoms with Gasteiger partial charge in [-0.05, 0) is 37.3 Å². The maximum Gasteiger partial charge on any atom is 0.317 e. The first-order chi connectivity index (χ1) is 11.7. The van der Waals surface area contributed by atoms with E-state index in [2.05, 4.69) is 36.5 Å². The predicted molar refractivity (Wildman–Crippen MR) is 103 cm³/mol. The van der Waals surface area contributed by atoms with Crippen LogP contribution in [0, 0.1) is 6.92 Å². The van der Waals surface area contributed by atoms with E-state index in [0.717, 1.165) is 38.1 Å². The molecule has 24 heavy (non-hydrogen) atoms. The number of urea groups is 1. The van der Waals surface area contributed by atoms with Gasteiger partial charge in [-0.15, -0.1) is 0 Å². The van der Waals surface area contributed by atoms with Gasteiger partial charge in [0.1, 0.15) is 0 Å². The van der Waals surface area contributed by atoms with Gasteiger partial charge in [-0.3, -0.25) is 0 Å². The number of benzene rings is 1. The number of thioether (sulfide) groups is 1. The van der Waals surface area contributed by atoms with E-state index in [1.807, 2.05) is 16.7 Å². The standard InChI is InChI=1S/C20H30N2OS/c1-16-8-6-7-11-18(16)19-12-13-22(14-15-24-19)20(23)21-17-9-4-2-3-5-10-17/h6-8,11,17,19H,2-5,9-10,12-15H2,1H3,(H,21,23). The quantitative estimate of drug-likeness (QED) is 0.772. The third-order valence-corrected chi connectivity index (χ3v) is 6.66. The van der Waals surface area contributed by atoms with Crippen LogP contribution in [-0.4, -0.2) is 35.8 Å². The Labute approximate surface area is 150 Å². The molecular weight excluding hydrogens is 316 g/mol. The van der Waals surface area contributed by atoms with Crippen LogP contribution in [0.4, 0.5) is 4.79 Å². The highest BCUT2D eigenvalue weighted by Gasteiger charge is 2.24. The summed E-state index contributed by atoms with van der Waals surface area (Å²) in [5.41, 5.74) is 2.81. The average molecular weight is 347 g/mol. The summed E-state index contributed by atoms with van der Waals surface area (Å²) in [6, 6.07) is 9.22. The van der Waals surface area contributed by atoms with Crippen LogP contribution in [0.3, 0.4) is 0 Å². The van der Waals surface area contributed by atoms with Crippen LogP contribution in [0.2, 0.25) is 0 Å². The molecule has 1 saturated carbocycles. The number of rotatable bonds is 2. The molecule has 1 N–H and O–H groups in total. The molecule has 0 aromatic heterocycles. The van der Waals surface area contributed by atoms with Crippen LogP contribution in [0.25, 0.3) is 0 Å². The Hall–Kier alpha value is -1.16. The molecule has 1 aliphatic heterocycles. The molecule has 1 unspecified atom stereocenters. The molecule has 3 nitrogen and oxygen atoms in total. The van der Waals surface area contributed by atoms with Gasteiger partial charge < -0.3 is 10.2 Å². The smallest absolute Gasteiger partial charge is 0.317 e. The molecule has 1 saturated heterocycles. The normalized spacial score (nSPS) is 23.4. The molecule has 1 atom stereocenters. The number of hydrogen-bond acceptors (Lipinski definition) is 2. The third kappa shape index (κ3) is 4.69. The number of aryl methyl sites for hydroxylation is 1. The first-order valence-corrected chi connectivity index (χ1v) is 10.5. The van der Waals surface area contributed by atoms with Crippen LogP contribution >= 0.6 is 11.8 Å². The number of nitrogens with one attached hydrogen (secondary N) is 1. The Morgan fingerprint density at radius 2 is 1.83 bits per heavy atom. The third-order valence-electron chi connectivity index (χ3n) is 5.35. The maximum atomic E-state index is 12.6. The fraction of sp³-hybridized carbons (Fsp3) is 0.650. The zero-order valence-electron chi connectivity index (χ0n) is 14.8. The Morgan fingerprint density at radius 3 is 2.58 bits per heavy atom. The van der Waals surface area contributed by atoms with Crippen molar-refractivity contribution in [3.63, 3.8) is 0 Å². The lowest BCUT2D eigenvalue weighted by molar-refractivity contribution is 0.195. The van der Waals surface area contributed by atoms with Crippen LogP contribution < -0.4 is 5.32 Å².